The number of amides is 2. The van der Waals surface area contributed by atoms with Crippen molar-refractivity contribution in [3.05, 3.63) is 54.0 Å². The monoisotopic (exact) mass is 260 g/mol. The van der Waals surface area contributed by atoms with E-state index in [4.69, 9.17) is 9.52 Å². The lowest BCUT2D eigenvalue weighted by atomic mass is 10.2. The molecule has 0 bridgehead atoms. The van der Waals surface area contributed by atoms with Gasteiger partial charge in [0.25, 0.3) is 0 Å². The maximum Gasteiger partial charge on any atom is 0.335 e. The highest BCUT2D eigenvalue weighted by molar-refractivity contribution is 5.93. The molecule has 1 aromatic carbocycles. The van der Waals surface area contributed by atoms with E-state index >= 15 is 0 Å². The predicted octanol–water partition coefficient (Wildman–Crippen LogP) is 2.30. The van der Waals surface area contributed by atoms with Crippen LogP contribution in [0.1, 0.15) is 15.9 Å². The molecule has 2 rings (SSSR count). The van der Waals surface area contributed by atoms with Crippen LogP contribution in [0, 0.1) is 0 Å². The summed E-state index contributed by atoms with van der Waals surface area (Å²) in [5.74, 6) is -1.04. The number of carboxylic acid groups (broad SMARTS) is 1. The van der Waals surface area contributed by atoms with Crippen LogP contribution in [0.4, 0.5) is 10.5 Å². The van der Waals surface area contributed by atoms with Gasteiger partial charge in [0.15, 0.2) is 0 Å². The van der Waals surface area contributed by atoms with Gasteiger partial charge in [-0.25, -0.2) is 9.59 Å². The van der Waals surface area contributed by atoms with Crippen LogP contribution < -0.4 is 10.6 Å². The molecule has 0 saturated heterocycles. The van der Waals surface area contributed by atoms with Crippen LogP contribution >= 0.6 is 0 Å². The molecule has 2 aromatic rings. The molecular weight excluding hydrogens is 248 g/mol. The second-order valence-electron chi connectivity index (χ2n) is 3.83. The highest BCUT2D eigenvalue weighted by Gasteiger charge is 2.06. The molecule has 6 nitrogen and oxygen atoms in total. The van der Waals surface area contributed by atoms with Crippen molar-refractivity contribution in [3.63, 3.8) is 0 Å². The average molecular weight is 260 g/mol. The van der Waals surface area contributed by atoms with Crippen LogP contribution in [0.15, 0.2) is 47.3 Å². The van der Waals surface area contributed by atoms with Gasteiger partial charge in [-0.1, -0.05) is 6.07 Å². The Balaban J connectivity index is 1.91. The highest BCUT2D eigenvalue weighted by atomic mass is 16.4. The summed E-state index contributed by atoms with van der Waals surface area (Å²) >= 11 is 0. The second-order valence-corrected chi connectivity index (χ2v) is 3.83. The number of anilines is 1. The molecule has 2 amide bonds. The molecule has 0 atom stereocenters. The minimum atomic E-state index is -1.04. The Kier molecular flexibility index (Phi) is 3.82. The number of rotatable bonds is 4. The van der Waals surface area contributed by atoms with E-state index in [1.807, 2.05) is 0 Å². The third kappa shape index (κ3) is 3.60. The smallest absolute Gasteiger partial charge is 0.335 e. The first kappa shape index (κ1) is 12.7. The molecule has 0 spiro atoms. The number of nitrogens with one attached hydrogen (secondary N) is 2. The molecule has 6 heteroatoms. The van der Waals surface area contributed by atoms with Crippen LogP contribution in [-0.2, 0) is 6.54 Å². The van der Waals surface area contributed by atoms with Gasteiger partial charge < -0.3 is 20.2 Å². The number of hydrogen-bond acceptors (Lipinski definition) is 3. The molecular formula is C13H12N2O4. The van der Waals surface area contributed by atoms with E-state index in [1.165, 1.54) is 24.7 Å². The molecule has 0 aliphatic carbocycles. The van der Waals surface area contributed by atoms with Crippen molar-refractivity contribution >= 4 is 17.7 Å². The summed E-state index contributed by atoms with van der Waals surface area (Å²) in [7, 11) is 0. The van der Waals surface area contributed by atoms with Crippen molar-refractivity contribution < 1.29 is 19.1 Å². The number of furan rings is 1. The SMILES string of the molecule is O=C(NCc1ccoc1)Nc1cccc(C(=O)O)c1. The fraction of sp³-hybridized carbons (Fsp3) is 0.0769. The van der Waals surface area contributed by atoms with Gasteiger partial charge in [-0.05, 0) is 24.3 Å². The zero-order valence-electron chi connectivity index (χ0n) is 9.92. The standard InChI is InChI=1S/C13H12N2O4/c16-12(17)10-2-1-3-11(6-10)15-13(18)14-7-9-4-5-19-8-9/h1-6,8H,7H2,(H,16,17)(H2,14,15,18). The van der Waals surface area contributed by atoms with Crippen LogP contribution in [-0.4, -0.2) is 17.1 Å². The zero-order valence-corrected chi connectivity index (χ0v) is 9.92. The van der Waals surface area contributed by atoms with Gasteiger partial charge in [0.1, 0.15) is 0 Å². The summed E-state index contributed by atoms with van der Waals surface area (Å²) in [5.41, 5.74) is 1.38. The highest BCUT2D eigenvalue weighted by Crippen LogP contribution is 2.10. The number of urea groups is 1. The summed E-state index contributed by atoms with van der Waals surface area (Å²) in [6.45, 7) is 0.334. The van der Waals surface area contributed by atoms with E-state index in [0.717, 1.165) is 5.56 Å². The van der Waals surface area contributed by atoms with Gasteiger partial charge in [-0.2, -0.15) is 0 Å². The van der Waals surface area contributed by atoms with Crippen molar-refractivity contribution in [2.75, 3.05) is 5.32 Å². The second kappa shape index (κ2) is 5.72. The first-order valence-corrected chi connectivity index (χ1v) is 5.54. The van der Waals surface area contributed by atoms with Crippen molar-refractivity contribution in [1.29, 1.82) is 0 Å². The number of benzene rings is 1. The lowest BCUT2D eigenvalue weighted by molar-refractivity contribution is 0.0697. The van der Waals surface area contributed by atoms with Gasteiger partial charge in [-0.3, -0.25) is 0 Å². The van der Waals surface area contributed by atoms with E-state index < -0.39 is 12.0 Å². The number of carboxylic acids is 1. The van der Waals surface area contributed by atoms with Gasteiger partial charge in [0, 0.05) is 17.8 Å². The molecule has 0 aliphatic heterocycles. The summed E-state index contributed by atoms with van der Waals surface area (Å²) < 4.78 is 4.87. The van der Waals surface area contributed by atoms with Gasteiger partial charge in [0.05, 0.1) is 18.1 Å². The molecule has 1 heterocycles. The maximum absolute atomic E-state index is 11.6. The molecule has 0 aliphatic rings. The van der Waals surface area contributed by atoms with Crippen molar-refractivity contribution in [2.24, 2.45) is 0 Å². The molecule has 19 heavy (non-hydrogen) atoms. The van der Waals surface area contributed by atoms with E-state index in [9.17, 15) is 9.59 Å². The van der Waals surface area contributed by atoms with Crippen LogP contribution in [0.3, 0.4) is 0 Å². The number of carbonyl (C=O) groups is 2. The quantitative estimate of drug-likeness (QED) is 0.786. The van der Waals surface area contributed by atoms with E-state index in [1.54, 1.807) is 18.2 Å². The first-order chi connectivity index (χ1) is 9.15. The van der Waals surface area contributed by atoms with E-state index in [0.29, 0.717) is 12.2 Å². The Hall–Kier alpha value is -2.76. The van der Waals surface area contributed by atoms with E-state index in [2.05, 4.69) is 10.6 Å². The summed E-state index contributed by atoms with van der Waals surface area (Å²) in [5, 5.41) is 14.0. The molecule has 0 radical (unpaired) electrons. The normalized spacial score (nSPS) is 9.89. The maximum atomic E-state index is 11.6. The molecule has 0 saturated carbocycles. The average Bonchev–Trinajstić information content (AvgIpc) is 2.90. The Morgan fingerprint density at radius 3 is 2.79 bits per heavy atom. The van der Waals surface area contributed by atoms with Crippen molar-refractivity contribution in [2.45, 2.75) is 6.54 Å². The van der Waals surface area contributed by atoms with Crippen molar-refractivity contribution in [1.82, 2.24) is 5.32 Å². The largest absolute Gasteiger partial charge is 0.478 e. The first-order valence-electron chi connectivity index (χ1n) is 5.54. The number of hydrogen-bond donors (Lipinski definition) is 3. The van der Waals surface area contributed by atoms with Gasteiger partial charge in [0.2, 0.25) is 0 Å². The Morgan fingerprint density at radius 1 is 1.26 bits per heavy atom. The van der Waals surface area contributed by atoms with Crippen LogP contribution in [0.5, 0.6) is 0 Å². The predicted molar refractivity (Wildman–Crippen MR) is 68.0 cm³/mol. The van der Waals surface area contributed by atoms with Gasteiger partial charge in [-0.15, -0.1) is 0 Å². The molecule has 3 N–H and O–H groups in total. The molecule has 1 aromatic heterocycles. The third-order valence-corrected chi connectivity index (χ3v) is 2.40. The Labute approximate surface area is 109 Å². The van der Waals surface area contributed by atoms with Gasteiger partial charge >= 0.3 is 12.0 Å². The fourth-order valence-corrected chi connectivity index (χ4v) is 1.48. The fourth-order valence-electron chi connectivity index (χ4n) is 1.48. The molecule has 98 valence electrons. The van der Waals surface area contributed by atoms with Crippen LogP contribution in [0.25, 0.3) is 0 Å². The summed E-state index contributed by atoms with van der Waals surface area (Å²) in [6, 6.07) is 7.35. The molecule has 0 unspecified atom stereocenters. The minimum Gasteiger partial charge on any atom is -0.478 e. The lowest BCUT2D eigenvalue weighted by Gasteiger charge is -2.07. The Bertz CT molecular complexity index is 578. The molecule has 0 fully saturated rings. The number of aromatic carboxylic acids is 1. The van der Waals surface area contributed by atoms with E-state index in [-0.39, 0.29) is 5.56 Å². The topological polar surface area (TPSA) is 91.6 Å². The van der Waals surface area contributed by atoms with Crippen molar-refractivity contribution in [3.8, 4) is 0 Å². The lowest BCUT2D eigenvalue weighted by Crippen LogP contribution is -2.28. The third-order valence-electron chi connectivity index (χ3n) is 2.40. The summed E-state index contributed by atoms with van der Waals surface area (Å²) in [4.78, 5) is 22.4. The minimum absolute atomic E-state index is 0.118. The Morgan fingerprint density at radius 2 is 2.11 bits per heavy atom. The zero-order chi connectivity index (χ0) is 13.7. The number of carbonyl (C=O) groups excluding carboxylic acids is 1. The summed E-state index contributed by atoms with van der Waals surface area (Å²) in [6.07, 6.45) is 3.05. The van der Waals surface area contributed by atoms with Crippen LogP contribution in [0.2, 0.25) is 0 Å².